The van der Waals surface area contributed by atoms with Gasteiger partial charge in [0.15, 0.2) is 0 Å². The SMILES string of the molecule is CC#CCCC(NCC)C1(c2ccccc2)CCC1. The number of nitrogens with one attached hydrogen (secondary N) is 1. The van der Waals surface area contributed by atoms with Crippen molar-refractivity contribution in [1.82, 2.24) is 5.32 Å². The van der Waals surface area contributed by atoms with Gasteiger partial charge < -0.3 is 5.32 Å². The molecule has 0 radical (unpaired) electrons. The van der Waals surface area contributed by atoms with Crippen LogP contribution in [0.1, 0.15) is 51.5 Å². The van der Waals surface area contributed by atoms with Gasteiger partial charge in [0, 0.05) is 17.9 Å². The van der Waals surface area contributed by atoms with Gasteiger partial charge in [0.05, 0.1) is 0 Å². The molecular formula is C18H25N. The highest BCUT2D eigenvalue weighted by Crippen LogP contribution is 2.47. The van der Waals surface area contributed by atoms with Gasteiger partial charge in [-0.2, -0.15) is 0 Å². The normalized spacial score (nSPS) is 18.0. The molecule has 1 unspecified atom stereocenters. The molecule has 0 spiro atoms. The zero-order chi connectivity index (χ0) is 13.6. The van der Waals surface area contributed by atoms with Crippen molar-refractivity contribution in [2.45, 2.75) is 57.4 Å². The number of likely N-dealkylation sites (N-methyl/N-ethyl adjacent to an activating group) is 1. The fourth-order valence-electron chi connectivity index (χ4n) is 3.33. The van der Waals surface area contributed by atoms with Gasteiger partial charge in [-0.15, -0.1) is 11.8 Å². The lowest BCUT2D eigenvalue weighted by Crippen LogP contribution is -2.52. The molecule has 0 aromatic heterocycles. The summed E-state index contributed by atoms with van der Waals surface area (Å²) in [5, 5.41) is 3.71. The minimum Gasteiger partial charge on any atom is -0.313 e. The summed E-state index contributed by atoms with van der Waals surface area (Å²) in [5.41, 5.74) is 1.86. The van der Waals surface area contributed by atoms with Crippen LogP contribution >= 0.6 is 0 Å². The van der Waals surface area contributed by atoms with E-state index in [9.17, 15) is 0 Å². The molecule has 0 amide bonds. The molecule has 2 rings (SSSR count). The minimum atomic E-state index is 0.354. The number of rotatable bonds is 6. The summed E-state index contributed by atoms with van der Waals surface area (Å²) in [4.78, 5) is 0. The average molecular weight is 255 g/mol. The van der Waals surface area contributed by atoms with Crippen molar-refractivity contribution in [3.8, 4) is 11.8 Å². The summed E-state index contributed by atoms with van der Waals surface area (Å²) >= 11 is 0. The first kappa shape index (κ1) is 14.2. The Morgan fingerprint density at radius 3 is 2.53 bits per heavy atom. The lowest BCUT2D eigenvalue weighted by molar-refractivity contribution is 0.164. The van der Waals surface area contributed by atoms with E-state index < -0.39 is 0 Å². The van der Waals surface area contributed by atoms with Crippen LogP contribution in [0.3, 0.4) is 0 Å². The highest BCUT2D eigenvalue weighted by atomic mass is 14.9. The van der Waals surface area contributed by atoms with Crippen molar-refractivity contribution >= 4 is 0 Å². The van der Waals surface area contributed by atoms with Gasteiger partial charge >= 0.3 is 0 Å². The van der Waals surface area contributed by atoms with E-state index in [0.29, 0.717) is 11.5 Å². The van der Waals surface area contributed by atoms with Crippen molar-refractivity contribution in [3.05, 3.63) is 35.9 Å². The maximum absolute atomic E-state index is 3.71. The molecule has 1 aliphatic carbocycles. The van der Waals surface area contributed by atoms with Gasteiger partial charge in [0.25, 0.3) is 0 Å². The summed E-state index contributed by atoms with van der Waals surface area (Å²) in [6.45, 7) is 5.17. The summed E-state index contributed by atoms with van der Waals surface area (Å²) in [5.74, 6) is 6.23. The summed E-state index contributed by atoms with van der Waals surface area (Å²) in [7, 11) is 0. The summed E-state index contributed by atoms with van der Waals surface area (Å²) in [6, 6.07) is 11.6. The van der Waals surface area contributed by atoms with Crippen LogP contribution in [0.4, 0.5) is 0 Å². The van der Waals surface area contributed by atoms with Gasteiger partial charge in [-0.3, -0.25) is 0 Å². The smallest absolute Gasteiger partial charge is 0.0173 e. The van der Waals surface area contributed by atoms with Crippen LogP contribution in [-0.4, -0.2) is 12.6 Å². The highest BCUT2D eigenvalue weighted by molar-refractivity contribution is 5.30. The van der Waals surface area contributed by atoms with Gasteiger partial charge in [-0.05, 0) is 38.3 Å². The fraction of sp³-hybridized carbons (Fsp3) is 0.556. The second-order valence-electron chi connectivity index (χ2n) is 5.45. The summed E-state index contributed by atoms with van der Waals surface area (Å²) < 4.78 is 0. The Balaban J connectivity index is 2.18. The third-order valence-electron chi connectivity index (χ3n) is 4.45. The first-order valence-corrected chi connectivity index (χ1v) is 7.52. The molecule has 1 atom stereocenters. The Labute approximate surface area is 117 Å². The maximum atomic E-state index is 3.71. The lowest BCUT2D eigenvalue weighted by Gasteiger charge is -2.49. The molecule has 1 aromatic carbocycles. The second kappa shape index (κ2) is 6.78. The Morgan fingerprint density at radius 1 is 1.26 bits per heavy atom. The van der Waals surface area contributed by atoms with Crippen LogP contribution in [0, 0.1) is 11.8 Å². The zero-order valence-electron chi connectivity index (χ0n) is 12.2. The first-order valence-electron chi connectivity index (χ1n) is 7.52. The largest absolute Gasteiger partial charge is 0.313 e. The van der Waals surface area contributed by atoms with Gasteiger partial charge in [-0.25, -0.2) is 0 Å². The van der Waals surface area contributed by atoms with E-state index >= 15 is 0 Å². The Kier molecular flexibility index (Phi) is 5.05. The van der Waals surface area contributed by atoms with Crippen molar-refractivity contribution in [3.63, 3.8) is 0 Å². The topological polar surface area (TPSA) is 12.0 Å². The molecular weight excluding hydrogens is 230 g/mol. The van der Waals surface area contributed by atoms with Crippen molar-refractivity contribution in [2.24, 2.45) is 0 Å². The Morgan fingerprint density at radius 2 is 2.00 bits per heavy atom. The quantitative estimate of drug-likeness (QED) is 0.760. The van der Waals surface area contributed by atoms with E-state index in [0.717, 1.165) is 19.4 Å². The minimum absolute atomic E-state index is 0.354. The van der Waals surface area contributed by atoms with Crippen molar-refractivity contribution in [1.29, 1.82) is 0 Å². The predicted octanol–water partition coefficient (Wildman–Crippen LogP) is 3.89. The van der Waals surface area contributed by atoms with E-state index in [1.54, 1.807) is 0 Å². The molecule has 1 fully saturated rings. The Bertz CT molecular complexity index is 434. The molecule has 19 heavy (non-hydrogen) atoms. The maximum Gasteiger partial charge on any atom is 0.0173 e. The molecule has 1 aromatic rings. The molecule has 0 heterocycles. The van der Waals surface area contributed by atoms with Gasteiger partial charge in [0.2, 0.25) is 0 Å². The molecule has 1 aliphatic rings. The van der Waals surface area contributed by atoms with E-state index in [-0.39, 0.29) is 0 Å². The van der Waals surface area contributed by atoms with E-state index in [2.05, 4.69) is 54.4 Å². The monoisotopic (exact) mass is 255 g/mol. The molecule has 102 valence electrons. The van der Waals surface area contributed by atoms with Crippen molar-refractivity contribution in [2.75, 3.05) is 6.54 Å². The van der Waals surface area contributed by atoms with Crippen molar-refractivity contribution < 1.29 is 0 Å². The standard InChI is InChI=1S/C18H25N/c1-3-5-7-13-17(19-4-2)18(14-10-15-18)16-11-8-6-9-12-16/h6,8-9,11-12,17,19H,4,7,10,13-15H2,1-2H3. The zero-order valence-corrected chi connectivity index (χ0v) is 12.2. The molecule has 1 nitrogen and oxygen atoms in total. The molecule has 1 heteroatoms. The third kappa shape index (κ3) is 3.01. The van der Waals surface area contributed by atoms with E-state index in [4.69, 9.17) is 0 Å². The third-order valence-corrected chi connectivity index (χ3v) is 4.45. The number of benzene rings is 1. The average Bonchev–Trinajstić information content (AvgIpc) is 2.39. The lowest BCUT2D eigenvalue weighted by atomic mass is 9.59. The van der Waals surface area contributed by atoms with Gasteiger partial charge in [-0.1, -0.05) is 43.7 Å². The van der Waals surface area contributed by atoms with Crippen LogP contribution in [0.2, 0.25) is 0 Å². The molecule has 0 aliphatic heterocycles. The molecule has 1 saturated carbocycles. The van der Waals surface area contributed by atoms with Gasteiger partial charge in [0.1, 0.15) is 0 Å². The first-order chi connectivity index (χ1) is 9.33. The predicted molar refractivity (Wildman–Crippen MR) is 82.1 cm³/mol. The Hall–Kier alpha value is -1.26. The van der Waals surface area contributed by atoms with Crippen LogP contribution in [0.15, 0.2) is 30.3 Å². The van der Waals surface area contributed by atoms with Crippen LogP contribution in [-0.2, 0) is 5.41 Å². The molecule has 1 N–H and O–H groups in total. The van der Waals surface area contributed by atoms with E-state index in [1.165, 1.54) is 24.8 Å². The number of hydrogen-bond donors (Lipinski definition) is 1. The highest BCUT2D eigenvalue weighted by Gasteiger charge is 2.44. The fourth-order valence-corrected chi connectivity index (χ4v) is 3.33. The number of hydrogen-bond acceptors (Lipinski definition) is 1. The summed E-state index contributed by atoms with van der Waals surface area (Å²) in [6.07, 6.45) is 6.14. The van der Waals surface area contributed by atoms with E-state index in [1.807, 2.05) is 6.92 Å². The van der Waals surface area contributed by atoms with Crippen LogP contribution in [0.5, 0.6) is 0 Å². The molecule has 0 saturated heterocycles. The van der Waals surface area contributed by atoms with Crippen LogP contribution < -0.4 is 5.32 Å². The van der Waals surface area contributed by atoms with Crippen LogP contribution in [0.25, 0.3) is 0 Å². The molecule has 0 bridgehead atoms. The second-order valence-corrected chi connectivity index (χ2v) is 5.45.